The van der Waals surface area contributed by atoms with Gasteiger partial charge in [-0.1, -0.05) is 0 Å². The molecule has 7 heteroatoms. The quantitative estimate of drug-likeness (QED) is 0.449. The largest absolute Gasteiger partial charge is 0.493 e. The second kappa shape index (κ2) is 2.99. The first-order chi connectivity index (χ1) is 5.58. The molecule has 1 rings (SSSR count). The molecule has 0 aliphatic carbocycles. The standard InChI is InChI=1S/C5H5N3O4/c9-4-1-5(10)7-3(6-4)2-8(11)12/h1H,2H2,(H2,6,7,9,10). The molecule has 0 saturated heterocycles. The Morgan fingerprint density at radius 1 is 1.75 bits per heavy atom. The SMILES string of the molecule is O=c1cc(O)nc(C[N+](=O)[O-])[nH]1. The molecule has 2 N–H and O–H groups in total. The van der Waals surface area contributed by atoms with Crippen molar-refractivity contribution in [1.29, 1.82) is 0 Å². The van der Waals surface area contributed by atoms with Crippen molar-refractivity contribution in [3.63, 3.8) is 0 Å². The van der Waals surface area contributed by atoms with E-state index >= 15 is 0 Å². The Labute approximate surface area is 65.8 Å². The molecule has 0 radical (unpaired) electrons. The number of rotatable bonds is 2. The lowest BCUT2D eigenvalue weighted by Crippen LogP contribution is -2.12. The Balaban J connectivity index is 3.01. The van der Waals surface area contributed by atoms with E-state index in [1.54, 1.807) is 0 Å². The van der Waals surface area contributed by atoms with Crippen LogP contribution >= 0.6 is 0 Å². The average molecular weight is 171 g/mol. The molecule has 0 amide bonds. The number of aromatic amines is 1. The molecule has 1 heterocycles. The molecule has 64 valence electrons. The monoisotopic (exact) mass is 171 g/mol. The summed E-state index contributed by atoms with van der Waals surface area (Å²) in [6.07, 6.45) is 0. The van der Waals surface area contributed by atoms with Gasteiger partial charge in [-0.25, -0.2) is 0 Å². The fourth-order valence-electron chi connectivity index (χ4n) is 0.691. The van der Waals surface area contributed by atoms with E-state index in [2.05, 4.69) is 9.97 Å². The van der Waals surface area contributed by atoms with Crippen molar-refractivity contribution in [3.8, 4) is 5.88 Å². The zero-order valence-corrected chi connectivity index (χ0v) is 5.85. The van der Waals surface area contributed by atoms with Crippen LogP contribution in [0.2, 0.25) is 0 Å². The summed E-state index contributed by atoms with van der Waals surface area (Å²) < 4.78 is 0. The molecule has 1 aromatic rings. The third kappa shape index (κ3) is 2.04. The predicted octanol–water partition coefficient (Wildman–Crippen LogP) is -0.748. The van der Waals surface area contributed by atoms with Gasteiger partial charge in [0.05, 0.1) is 6.07 Å². The lowest BCUT2D eigenvalue weighted by molar-refractivity contribution is -0.498. The number of nitrogens with one attached hydrogen (secondary N) is 1. The lowest BCUT2D eigenvalue weighted by atomic mass is 10.5. The van der Waals surface area contributed by atoms with E-state index in [0.717, 1.165) is 6.07 Å². The summed E-state index contributed by atoms with van der Waals surface area (Å²) in [5.74, 6) is -0.680. The fraction of sp³-hybridized carbons (Fsp3) is 0.200. The number of nitro groups is 1. The van der Waals surface area contributed by atoms with Gasteiger partial charge >= 0.3 is 0 Å². The molecule has 12 heavy (non-hydrogen) atoms. The van der Waals surface area contributed by atoms with Crippen molar-refractivity contribution in [3.05, 3.63) is 32.4 Å². The van der Waals surface area contributed by atoms with Gasteiger partial charge in [0, 0.05) is 4.92 Å². The molecular formula is C5H5N3O4. The average Bonchev–Trinajstić information content (AvgIpc) is 1.81. The normalized spacial score (nSPS) is 9.67. The maximum atomic E-state index is 10.6. The predicted molar refractivity (Wildman–Crippen MR) is 37.2 cm³/mol. The number of hydrogen-bond acceptors (Lipinski definition) is 5. The minimum atomic E-state index is -0.655. The Bertz CT molecular complexity index is 358. The van der Waals surface area contributed by atoms with Crippen molar-refractivity contribution in [1.82, 2.24) is 9.97 Å². The molecule has 1 aromatic heterocycles. The highest BCUT2D eigenvalue weighted by molar-refractivity contribution is 5.05. The Morgan fingerprint density at radius 3 is 2.92 bits per heavy atom. The highest BCUT2D eigenvalue weighted by Gasteiger charge is 2.05. The van der Waals surface area contributed by atoms with Gasteiger partial charge in [0.2, 0.25) is 5.88 Å². The van der Waals surface area contributed by atoms with Gasteiger partial charge in [-0.2, -0.15) is 4.98 Å². The van der Waals surface area contributed by atoms with Gasteiger partial charge in [-0.15, -0.1) is 0 Å². The zero-order valence-electron chi connectivity index (χ0n) is 5.85. The van der Waals surface area contributed by atoms with Gasteiger partial charge in [-0.05, 0) is 0 Å². The number of aromatic hydroxyl groups is 1. The fourth-order valence-corrected chi connectivity index (χ4v) is 0.691. The van der Waals surface area contributed by atoms with Gasteiger partial charge in [0.1, 0.15) is 0 Å². The van der Waals surface area contributed by atoms with Crippen molar-refractivity contribution in [2.45, 2.75) is 6.54 Å². The van der Waals surface area contributed by atoms with Gasteiger partial charge in [0.15, 0.2) is 5.82 Å². The summed E-state index contributed by atoms with van der Waals surface area (Å²) in [5.41, 5.74) is -0.612. The molecule has 0 aliphatic heterocycles. The third-order valence-electron chi connectivity index (χ3n) is 1.06. The highest BCUT2D eigenvalue weighted by atomic mass is 16.6. The maximum Gasteiger partial charge on any atom is 0.260 e. The van der Waals surface area contributed by atoms with Crippen LogP contribution in [-0.4, -0.2) is 20.0 Å². The summed E-state index contributed by atoms with van der Waals surface area (Å²) in [6, 6.07) is 0.837. The van der Waals surface area contributed by atoms with Crippen LogP contribution in [-0.2, 0) is 6.54 Å². The Morgan fingerprint density at radius 2 is 2.42 bits per heavy atom. The van der Waals surface area contributed by atoms with E-state index < -0.39 is 22.9 Å². The lowest BCUT2D eigenvalue weighted by Gasteiger charge is -1.93. The van der Waals surface area contributed by atoms with E-state index in [4.69, 9.17) is 5.11 Å². The molecular weight excluding hydrogens is 166 g/mol. The van der Waals surface area contributed by atoms with Crippen molar-refractivity contribution in [2.24, 2.45) is 0 Å². The highest BCUT2D eigenvalue weighted by Crippen LogP contribution is 1.98. The van der Waals surface area contributed by atoms with Crippen LogP contribution in [0.5, 0.6) is 5.88 Å². The summed E-state index contributed by atoms with van der Waals surface area (Å²) in [4.78, 5) is 25.4. The molecule has 0 bridgehead atoms. The van der Waals surface area contributed by atoms with Crippen molar-refractivity contribution >= 4 is 0 Å². The van der Waals surface area contributed by atoms with Gasteiger partial charge in [-0.3, -0.25) is 14.9 Å². The van der Waals surface area contributed by atoms with Crippen LogP contribution in [0.25, 0.3) is 0 Å². The molecule has 0 aliphatic rings. The number of H-pyrrole nitrogens is 1. The molecule has 0 saturated carbocycles. The summed E-state index contributed by atoms with van der Waals surface area (Å²) in [5, 5.41) is 18.7. The summed E-state index contributed by atoms with van der Waals surface area (Å²) in [6.45, 7) is -0.607. The minimum absolute atomic E-state index is 0.162. The van der Waals surface area contributed by atoms with Crippen LogP contribution in [0, 0.1) is 10.1 Å². The first-order valence-electron chi connectivity index (χ1n) is 2.99. The second-order valence-corrected chi connectivity index (χ2v) is 2.04. The van der Waals surface area contributed by atoms with E-state index in [-0.39, 0.29) is 5.82 Å². The van der Waals surface area contributed by atoms with E-state index in [0.29, 0.717) is 0 Å². The van der Waals surface area contributed by atoms with Crippen LogP contribution in [0.3, 0.4) is 0 Å². The molecule has 0 atom stereocenters. The molecule has 7 nitrogen and oxygen atoms in total. The van der Waals surface area contributed by atoms with Crippen molar-refractivity contribution < 1.29 is 10.0 Å². The first kappa shape index (κ1) is 8.18. The molecule has 0 fully saturated rings. The van der Waals surface area contributed by atoms with Gasteiger partial charge < -0.3 is 10.1 Å². The number of nitrogens with zero attached hydrogens (tertiary/aromatic N) is 2. The van der Waals surface area contributed by atoms with Crippen LogP contribution in [0.15, 0.2) is 10.9 Å². The smallest absolute Gasteiger partial charge is 0.260 e. The van der Waals surface area contributed by atoms with Crippen molar-refractivity contribution in [2.75, 3.05) is 0 Å². The van der Waals surface area contributed by atoms with E-state index in [1.165, 1.54) is 0 Å². The second-order valence-electron chi connectivity index (χ2n) is 2.04. The third-order valence-corrected chi connectivity index (χ3v) is 1.06. The zero-order chi connectivity index (χ0) is 9.14. The number of hydrogen-bond donors (Lipinski definition) is 2. The van der Waals surface area contributed by atoms with Crippen LogP contribution < -0.4 is 5.56 Å². The molecule has 0 unspecified atom stereocenters. The molecule has 0 aromatic carbocycles. The Hall–Kier alpha value is -1.92. The number of aromatic nitrogens is 2. The van der Waals surface area contributed by atoms with Crippen LogP contribution in [0.1, 0.15) is 5.82 Å². The van der Waals surface area contributed by atoms with E-state index in [9.17, 15) is 14.9 Å². The molecule has 0 spiro atoms. The summed E-state index contributed by atoms with van der Waals surface area (Å²) >= 11 is 0. The first-order valence-corrected chi connectivity index (χ1v) is 2.99. The maximum absolute atomic E-state index is 10.6. The van der Waals surface area contributed by atoms with Gasteiger partial charge in [0.25, 0.3) is 12.1 Å². The van der Waals surface area contributed by atoms with Crippen LogP contribution in [0.4, 0.5) is 0 Å². The summed E-state index contributed by atoms with van der Waals surface area (Å²) in [7, 11) is 0. The Kier molecular flexibility index (Phi) is 2.04. The topological polar surface area (TPSA) is 109 Å². The van der Waals surface area contributed by atoms with E-state index in [1.807, 2.05) is 0 Å². The minimum Gasteiger partial charge on any atom is -0.493 e.